The molecular formula is C13H19FN2O. The Hall–Kier alpha value is -1.58. The van der Waals surface area contributed by atoms with Crippen LogP contribution in [0.15, 0.2) is 24.3 Å². The van der Waals surface area contributed by atoms with Crippen LogP contribution in [0.5, 0.6) is 0 Å². The average Bonchev–Trinajstić information content (AvgIpc) is 2.33. The Morgan fingerprint density at radius 3 is 2.47 bits per heavy atom. The molecule has 1 amide bonds. The van der Waals surface area contributed by atoms with E-state index in [0.29, 0.717) is 18.8 Å². The van der Waals surface area contributed by atoms with Crippen LogP contribution in [0, 0.1) is 5.82 Å². The van der Waals surface area contributed by atoms with Crippen LogP contribution in [0.25, 0.3) is 0 Å². The first-order valence-electron chi connectivity index (χ1n) is 5.90. The minimum Gasteiger partial charge on any atom is -0.372 e. The third kappa shape index (κ3) is 3.44. The smallest absolute Gasteiger partial charge is 0.244 e. The van der Waals surface area contributed by atoms with E-state index < -0.39 is 6.04 Å². The van der Waals surface area contributed by atoms with Crippen molar-refractivity contribution in [2.75, 3.05) is 18.4 Å². The van der Waals surface area contributed by atoms with Crippen molar-refractivity contribution in [2.45, 2.75) is 26.8 Å². The predicted octanol–water partition coefficient (Wildman–Crippen LogP) is 2.49. The molecule has 0 aromatic heterocycles. The summed E-state index contributed by atoms with van der Waals surface area (Å²) >= 11 is 0. The van der Waals surface area contributed by atoms with E-state index in [9.17, 15) is 9.18 Å². The molecule has 0 radical (unpaired) electrons. The number of carbonyl (C=O) groups excluding carboxylic acids is 1. The average molecular weight is 238 g/mol. The number of rotatable bonds is 5. The largest absolute Gasteiger partial charge is 0.372 e. The summed E-state index contributed by atoms with van der Waals surface area (Å²) in [6.07, 6.45) is 0. The van der Waals surface area contributed by atoms with Gasteiger partial charge in [-0.2, -0.15) is 0 Å². The Labute approximate surface area is 102 Å². The van der Waals surface area contributed by atoms with Gasteiger partial charge in [0.25, 0.3) is 0 Å². The second-order valence-corrected chi connectivity index (χ2v) is 3.86. The number of anilines is 1. The molecule has 1 atom stereocenters. The van der Waals surface area contributed by atoms with Crippen LogP contribution < -0.4 is 5.32 Å². The van der Waals surface area contributed by atoms with Gasteiger partial charge in [0.1, 0.15) is 11.9 Å². The summed E-state index contributed by atoms with van der Waals surface area (Å²) < 4.78 is 13.4. The molecule has 0 aliphatic heterocycles. The molecule has 0 saturated heterocycles. The molecule has 0 saturated carbocycles. The monoisotopic (exact) mass is 238 g/mol. The normalized spacial score (nSPS) is 12.0. The highest BCUT2D eigenvalue weighted by Gasteiger charge is 2.18. The summed E-state index contributed by atoms with van der Waals surface area (Å²) in [5.74, 6) is -0.357. The maximum atomic E-state index is 13.4. The molecule has 3 nitrogen and oxygen atoms in total. The fourth-order valence-electron chi connectivity index (χ4n) is 1.68. The summed E-state index contributed by atoms with van der Waals surface area (Å²) in [4.78, 5) is 13.7. The highest BCUT2D eigenvalue weighted by atomic mass is 19.1. The Kier molecular flexibility index (Phi) is 4.94. The van der Waals surface area contributed by atoms with Crippen molar-refractivity contribution in [3.63, 3.8) is 0 Å². The molecular weight excluding hydrogens is 219 g/mol. The second kappa shape index (κ2) is 6.23. The molecule has 1 aromatic carbocycles. The lowest BCUT2D eigenvalue weighted by atomic mass is 10.2. The van der Waals surface area contributed by atoms with Crippen molar-refractivity contribution in [2.24, 2.45) is 0 Å². The van der Waals surface area contributed by atoms with Gasteiger partial charge in [0, 0.05) is 13.1 Å². The molecule has 0 spiro atoms. The number of amides is 1. The lowest BCUT2D eigenvalue weighted by Crippen LogP contribution is -2.41. The number of para-hydroxylation sites is 1. The van der Waals surface area contributed by atoms with E-state index in [0.717, 1.165) is 0 Å². The van der Waals surface area contributed by atoms with Gasteiger partial charge in [-0.3, -0.25) is 4.79 Å². The van der Waals surface area contributed by atoms with Crippen molar-refractivity contribution >= 4 is 11.6 Å². The molecule has 4 heteroatoms. The fraction of sp³-hybridized carbons (Fsp3) is 0.462. The maximum absolute atomic E-state index is 13.4. The van der Waals surface area contributed by atoms with Gasteiger partial charge in [0.2, 0.25) is 5.91 Å². The van der Waals surface area contributed by atoms with E-state index in [1.54, 1.807) is 30.0 Å². The van der Waals surface area contributed by atoms with Crippen molar-refractivity contribution in [1.82, 2.24) is 4.90 Å². The summed E-state index contributed by atoms with van der Waals surface area (Å²) in [5, 5.41) is 2.89. The number of carbonyl (C=O) groups is 1. The quantitative estimate of drug-likeness (QED) is 0.854. The molecule has 1 rings (SSSR count). The van der Waals surface area contributed by atoms with Gasteiger partial charge in [-0.1, -0.05) is 12.1 Å². The Balaban J connectivity index is 2.69. The molecule has 1 aromatic rings. The maximum Gasteiger partial charge on any atom is 0.244 e. The topological polar surface area (TPSA) is 32.3 Å². The lowest BCUT2D eigenvalue weighted by Gasteiger charge is -2.24. The van der Waals surface area contributed by atoms with Crippen LogP contribution in [0.3, 0.4) is 0 Å². The number of benzene rings is 1. The van der Waals surface area contributed by atoms with Crippen molar-refractivity contribution < 1.29 is 9.18 Å². The SMILES string of the molecule is CCN(CC)C(=O)C(C)Nc1ccccc1F. The number of hydrogen-bond donors (Lipinski definition) is 1. The Morgan fingerprint density at radius 1 is 1.35 bits per heavy atom. The summed E-state index contributed by atoms with van der Waals surface area (Å²) in [7, 11) is 0. The van der Waals surface area contributed by atoms with E-state index in [2.05, 4.69) is 5.32 Å². The molecule has 0 heterocycles. The van der Waals surface area contributed by atoms with Gasteiger partial charge in [0.15, 0.2) is 0 Å². The second-order valence-electron chi connectivity index (χ2n) is 3.86. The molecule has 17 heavy (non-hydrogen) atoms. The number of halogens is 1. The predicted molar refractivity (Wildman–Crippen MR) is 67.4 cm³/mol. The van der Waals surface area contributed by atoms with E-state index in [1.807, 2.05) is 13.8 Å². The zero-order valence-corrected chi connectivity index (χ0v) is 10.5. The van der Waals surface area contributed by atoms with Crippen molar-refractivity contribution in [3.8, 4) is 0 Å². The number of nitrogens with zero attached hydrogens (tertiary/aromatic N) is 1. The molecule has 0 fully saturated rings. The Bertz CT molecular complexity index is 377. The number of nitrogens with one attached hydrogen (secondary N) is 1. The number of hydrogen-bond acceptors (Lipinski definition) is 2. The van der Waals surface area contributed by atoms with E-state index in [1.165, 1.54) is 6.07 Å². The third-order valence-electron chi connectivity index (χ3n) is 2.69. The van der Waals surface area contributed by atoms with E-state index in [-0.39, 0.29) is 11.7 Å². The molecule has 0 aliphatic rings. The minimum absolute atomic E-state index is 0.0155. The van der Waals surface area contributed by atoms with Gasteiger partial charge < -0.3 is 10.2 Å². The Morgan fingerprint density at radius 2 is 1.94 bits per heavy atom. The van der Waals surface area contributed by atoms with E-state index >= 15 is 0 Å². The molecule has 1 N–H and O–H groups in total. The lowest BCUT2D eigenvalue weighted by molar-refractivity contribution is -0.131. The van der Waals surface area contributed by atoms with Gasteiger partial charge >= 0.3 is 0 Å². The van der Waals surface area contributed by atoms with Crippen LogP contribution >= 0.6 is 0 Å². The van der Waals surface area contributed by atoms with E-state index in [4.69, 9.17) is 0 Å². The summed E-state index contributed by atoms with van der Waals surface area (Å²) in [6, 6.07) is 5.93. The van der Waals surface area contributed by atoms with Crippen LogP contribution in [0.4, 0.5) is 10.1 Å². The molecule has 0 aliphatic carbocycles. The van der Waals surface area contributed by atoms with Crippen LogP contribution in [0.2, 0.25) is 0 Å². The highest BCUT2D eigenvalue weighted by molar-refractivity contribution is 5.84. The van der Waals surface area contributed by atoms with Crippen LogP contribution in [0.1, 0.15) is 20.8 Å². The zero-order chi connectivity index (χ0) is 12.8. The van der Waals surface area contributed by atoms with Crippen molar-refractivity contribution in [3.05, 3.63) is 30.1 Å². The highest BCUT2D eigenvalue weighted by Crippen LogP contribution is 2.14. The van der Waals surface area contributed by atoms with Crippen molar-refractivity contribution in [1.29, 1.82) is 0 Å². The molecule has 1 unspecified atom stereocenters. The zero-order valence-electron chi connectivity index (χ0n) is 10.5. The molecule has 94 valence electrons. The first-order valence-corrected chi connectivity index (χ1v) is 5.90. The van der Waals surface area contributed by atoms with Crippen LogP contribution in [-0.2, 0) is 4.79 Å². The summed E-state index contributed by atoms with van der Waals surface area (Å²) in [6.45, 7) is 6.93. The number of likely N-dealkylation sites (N-methyl/N-ethyl adjacent to an activating group) is 1. The summed E-state index contributed by atoms with van der Waals surface area (Å²) in [5.41, 5.74) is 0.362. The first-order chi connectivity index (χ1) is 8.10. The van der Waals surface area contributed by atoms with Gasteiger partial charge in [-0.15, -0.1) is 0 Å². The van der Waals surface area contributed by atoms with Gasteiger partial charge in [0.05, 0.1) is 5.69 Å². The third-order valence-corrected chi connectivity index (χ3v) is 2.69. The standard InChI is InChI=1S/C13H19FN2O/c1-4-16(5-2)13(17)10(3)15-12-9-7-6-8-11(12)14/h6-10,15H,4-5H2,1-3H3. The fourth-order valence-corrected chi connectivity index (χ4v) is 1.68. The van der Waals surface area contributed by atoms with Gasteiger partial charge in [-0.05, 0) is 32.9 Å². The first kappa shape index (κ1) is 13.5. The van der Waals surface area contributed by atoms with Gasteiger partial charge in [-0.25, -0.2) is 4.39 Å². The minimum atomic E-state index is -0.424. The van der Waals surface area contributed by atoms with Crippen LogP contribution in [-0.4, -0.2) is 29.9 Å². The molecule has 0 bridgehead atoms.